The molecule has 94 valence electrons. The maximum Gasteiger partial charge on any atom is 0.124 e. The van der Waals surface area contributed by atoms with Crippen molar-refractivity contribution in [2.45, 2.75) is 25.3 Å². The molecule has 0 amide bonds. The van der Waals surface area contributed by atoms with Gasteiger partial charge < -0.3 is 5.32 Å². The molecular weight excluding hydrogens is 247 g/mol. The number of halogens is 1. The van der Waals surface area contributed by atoms with E-state index in [0.717, 1.165) is 17.1 Å². The predicted octanol–water partition coefficient (Wildman–Crippen LogP) is 3.55. The first-order valence-electron chi connectivity index (χ1n) is 6.18. The Bertz CT molecular complexity index is 561. The van der Waals surface area contributed by atoms with Crippen LogP contribution in [-0.4, -0.2) is 12.0 Å². The molecule has 0 aliphatic heterocycles. The molecule has 2 aromatic rings. The summed E-state index contributed by atoms with van der Waals surface area (Å²) in [5.41, 5.74) is 2.10. The molecule has 0 bridgehead atoms. The molecule has 1 saturated carbocycles. The monoisotopic (exact) mass is 262 g/mol. The summed E-state index contributed by atoms with van der Waals surface area (Å²) in [5.74, 6) is 0.428. The molecule has 18 heavy (non-hydrogen) atoms. The summed E-state index contributed by atoms with van der Waals surface area (Å²) in [6, 6.07) is 6.68. The summed E-state index contributed by atoms with van der Waals surface area (Å²) in [7, 11) is 1.94. The smallest absolute Gasteiger partial charge is 0.124 e. The quantitative estimate of drug-likeness (QED) is 0.911. The molecule has 1 heterocycles. The predicted molar refractivity (Wildman–Crippen MR) is 72.2 cm³/mol. The van der Waals surface area contributed by atoms with Crippen LogP contribution in [0.25, 0.3) is 10.6 Å². The highest BCUT2D eigenvalue weighted by Gasteiger charge is 2.29. The lowest BCUT2D eigenvalue weighted by Crippen LogP contribution is -2.05. The maximum absolute atomic E-state index is 13.2. The van der Waals surface area contributed by atoms with Gasteiger partial charge in [-0.25, -0.2) is 9.37 Å². The number of thiazole rings is 1. The SMILES string of the molecule is CNCc1sc(-c2cccc(F)c2)nc1C1CC1. The van der Waals surface area contributed by atoms with Gasteiger partial charge in [-0.1, -0.05) is 12.1 Å². The lowest BCUT2D eigenvalue weighted by molar-refractivity contribution is 0.628. The standard InChI is InChI=1S/C14H15FN2S/c1-16-8-12-13(9-5-6-9)17-14(18-12)10-3-2-4-11(15)7-10/h2-4,7,9,16H,5-6,8H2,1H3. The van der Waals surface area contributed by atoms with Crippen molar-refractivity contribution in [1.82, 2.24) is 10.3 Å². The van der Waals surface area contributed by atoms with Crippen LogP contribution < -0.4 is 5.32 Å². The fraction of sp³-hybridized carbons (Fsp3) is 0.357. The first kappa shape index (κ1) is 11.8. The molecule has 1 aromatic heterocycles. The summed E-state index contributed by atoms with van der Waals surface area (Å²) in [6.07, 6.45) is 2.48. The summed E-state index contributed by atoms with van der Waals surface area (Å²) < 4.78 is 13.2. The van der Waals surface area contributed by atoms with E-state index >= 15 is 0 Å². The Morgan fingerprint density at radius 2 is 2.28 bits per heavy atom. The summed E-state index contributed by atoms with van der Waals surface area (Å²) in [6.45, 7) is 0.846. The number of hydrogen-bond donors (Lipinski definition) is 1. The van der Waals surface area contributed by atoms with Crippen molar-refractivity contribution in [2.75, 3.05) is 7.05 Å². The van der Waals surface area contributed by atoms with Crippen LogP contribution in [0.5, 0.6) is 0 Å². The molecule has 2 nitrogen and oxygen atoms in total. The number of hydrogen-bond acceptors (Lipinski definition) is 3. The van der Waals surface area contributed by atoms with E-state index in [4.69, 9.17) is 4.98 Å². The van der Waals surface area contributed by atoms with Crippen molar-refractivity contribution >= 4 is 11.3 Å². The van der Waals surface area contributed by atoms with Crippen molar-refractivity contribution in [2.24, 2.45) is 0 Å². The first-order valence-corrected chi connectivity index (χ1v) is 6.99. The van der Waals surface area contributed by atoms with E-state index in [9.17, 15) is 4.39 Å². The van der Waals surface area contributed by atoms with Crippen LogP contribution >= 0.6 is 11.3 Å². The van der Waals surface area contributed by atoms with Crippen LogP contribution in [0.3, 0.4) is 0 Å². The van der Waals surface area contributed by atoms with Crippen molar-refractivity contribution in [3.63, 3.8) is 0 Å². The lowest BCUT2D eigenvalue weighted by Gasteiger charge is -1.97. The van der Waals surface area contributed by atoms with Gasteiger partial charge in [0.15, 0.2) is 0 Å². The van der Waals surface area contributed by atoms with Crippen LogP contribution in [0, 0.1) is 5.82 Å². The second-order valence-electron chi connectivity index (χ2n) is 4.64. The fourth-order valence-electron chi connectivity index (χ4n) is 2.07. The Morgan fingerprint density at radius 1 is 1.44 bits per heavy atom. The second kappa shape index (κ2) is 4.78. The highest BCUT2D eigenvalue weighted by molar-refractivity contribution is 7.15. The maximum atomic E-state index is 13.2. The van der Waals surface area contributed by atoms with Gasteiger partial charge in [0.1, 0.15) is 10.8 Å². The van der Waals surface area contributed by atoms with Gasteiger partial charge in [-0.05, 0) is 32.0 Å². The molecule has 1 N–H and O–H groups in total. The van der Waals surface area contributed by atoms with Crippen molar-refractivity contribution < 1.29 is 4.39 Å². The topological polar surface area (TPSA) is 24.9 Å². The van der Waals surface area contributed by atoms with Crippen molar-refractivity contribution in [3.8, 4) is 10.6 Å². The fourth-order valence-corrected chi connectivity index (χ4v) is 3.23. The van der Waals surface area contributed by atoms with E-state index in [2.05, 4.69) is 5.32 Å². The van der Waals surface area contributed by atoms with Crippen LogP contribution in [0.4, 0.5) is 4.39 Å². The van der Waals surface area contributed by atoms with E-state index in [1.165, 1.54) is 29.5 Å². The zero-order valence-electron chi connectivity index (χ0n) is 10.2. The van der Waals surface area contributed by atoms with E-state index in [1.807, 2.05) is 13.1 Å². The molecule has 1 fully saturated rings. The van der Waals surface area contributed by atoms with Gasteiger partial charge in [-0.3, -0.25) is 0 Å². The molecule has 1 aliphatic rings. The van der Waals surface area contributed by atoms with Gasteiger partial charge in [-0.15, -0.1) is 11.3 Å². The van der Waals surface area contributed by atoms with Crippen molar-refractivity contribution in [3.05, 3.63) is 40.7 Å². The molecular formula is C14H15FN2S. The largest absolute Gasteiger partial charge is 0.315 e. The normalized spacial score (nSPS) is 15.0. The first-order chi connectivity index (χ1) is 8.78. The minimum Gasteiger partial charge on any atom is -0.315 e. The molecule has 0 atom stereocenters. The van der Waals surface area contributed by atoms with E-state index in [0.29, 0.717) is 5.92 Å². The van der Waals surface area contributed by atoms with Gasteiger partial charge in [0, 0.05) is 22.9 Å². The Kier molecular flexibility index (Phi) is 3.14. The third-order valence-corrected chi connectivity index (χ3v) is 4.22. The van der Waals surface area contributed by atoms with E-state index < -0.39 is 0 Å². The average Bonchev–Trinajstić information content (AvgIpc) is 3.12. The molecule has 0 unspecified atom stereocenters. The third-order valence-electron chi connectivity index (χ3n) is 3.10. The highest BCUT2D eigenvalue weighted by atomic mass is 32.1. The number of aromatic nitrogens is 1. The van der Waals surface area contributed by atoms with Gasteiger partial charge in [-0.2, -0.15) is 0 Å². The minimum absolute atomic E-state index is 0.203. The highest BCUT2D eigenvalue weighted by Crippen LogP contribution is 2.44. The second-order valence-corrected chi connectivity index (χ2v) is 5.73. The number of nitrogens with zero attached hydrogens (tertiary/aromatic N) is 1. The number of nitrogens with one attached hydrogen (secondary N) is 1. The van der Waals surface area contributed by atoms with Gasteiger partial charge in [0.25, 0.3) is 0 Å². The Balaban J connectivity index is 1.99. The zero-order chi connectivity index (χ0) is 12.5. The molecule has 0 radical (unpaired) electrons. The zero-order valence-corrected chi connectivity index (χ0v) is 11.1. The number of rotatable bonds is 4. The van der Waals surface area contributed by atoms with Gasteiger partial charge in [0.2, 0.25) is 0 Å². The van der Waals surface area contributed by atoms with Crippen LogP contribution in [-0.2, 0) is 6.54 Å². The Hall–Kier alpha value is -1.26. The van der Waals surface area contributed by atoms with Crippen LogP contribution in [0.1, 0.15) is 29.3 Å². The Morgan fingerprint density at radius 3 is 2.94 bits per heavy atom. The molecule has 1 aliphatic carbocycles. The molecule has 4 heteroatoms. The molecule has 3 rings (SSSR count). The Labute approximate surface area is 110 Å². The van der Waals surface area contributed by atoms with E-state index in [1.54, 1.807) is 23.5 Å². The summed E-state index contributed by atoms with van der Waals surface area (Å²) >= 11 is 1.67. The van der Waals surface area contributed by atoms with Crippen molar-refractivity contribution in [1.29, 1.82) is 0 Å². The molecule has 0 saturated heterocycles. The molecule has 1 aromatic carbocycles. The average molecular weight is 262 g/mol. The van der Waals surface area contributed by atoms with Crippen LogP contribution in [0.15, 0.2) is 24.3 Å². The van der Waals surface area contributed by atoms with Gasteiger partial charge >= 0.3 is 0 Å². The minimum atomic E-state index is -0.203. The molecule has 0 spiro atoms. The van der Waals surface area contributed by atoms with Crippen LogP contribution in [0.2, 0.25) is 0 Å². The lowest BCUT2D eigenvalue weighted by atomic mass is 10.2. The summed E-state index contributed by atoms with van der Waals surface area (Å²) in [5, 5.41) is 4.11. The van der Waals surface area contributed by atoms with E-state index in [-0.39, 0.29) is 5.82 Å². The number of benzene rings is 1. The van der Waals surface area contributed by atoms with Gasteiger partial charge in [0.05, 0.1) is 5.69 Å². The summed E-state index contributed by atoms with van der Waals surface area (Å²) in [4.78, 5) is 6.01. The third kappa shape index (κ3) is 2.31.